The number of unbranched alkanes of at least 4 members (excludes halogenated alkanes) is 31. The first kappa shape index (κ1) is 46.5. The van der Waals surface area contributed by atoms with Crippen molar-refractivity contribution in [2.24, 2.45) is 5.73 Å². The van der Waals surface area contributed by atoms with Gasteiger partial charge in [0, 0.05) is 0 Å². The van der Waals surface area contributed by atoms with Crippen LogP contribution in [0.1, 0.15) is 239 Å². The Kier molecular flexibility index (Phi) is 36.4. The first-order chi connectivity index (χ1) is 23.0. The highest BCUT2D eigenvalue weighted by Crippen LogP contribution is 2.18. The quantitative estimate of drug-likeness (QED) is 0.0488. The maximum atomic E-state index is 12.5. The third-order valence-electron chi connectivity index (χ3n) is 10.4. The van der Waals surface area contributed by atoms with Crippen LogP contribution in [-0.2, 0) is 4.79 Å². The van der Waals surface area contributed by atoms with E-state index in [4.69, 9.17) is 5.73 Å². The Morgan fingerprint density at radius 3 is 0.915 bits per heavy atom. The molecular weight excluding hydrogens is 582 g/mol. The molecule has 0 saturated heterocycles. The minimum absolute atomic E-state index is 0.358. The van der Waals surface area contributed by atoms with Crippen molar-refractivity contribution < 1.29 is 20.1 Å². The summed E-state index contributed by atoms with van der Waals surface area (Å²) < 4.78 is 0. The van der Waals surface area contributed by atoms with E-state index in [0.29, 0.717) is 12.8 Å². The highest BCUT2D eigenvalue weighted by molar-refractivity contribution is 5.87. The number of hydrogen-bond donors (Lipinski definition) is 4. The SMILES string of the molecule is CCCCCCCCCCCCCCCCCCCCCCC(O)C(=O)C(O)[C@@H](N)[C@H](O)CCCCCCCCCCCCCCC. The van der Waals surface area contributed by atoms with Gasteiger partial charge in [0.1, 0.15) is 12.2 Å². The molecule has 5 heteroatoms. The molecule has 0 aliphatic rings. The number of ketones is 1. The predicted octanol–water partition coefficient (Wildman–Crippen LogP) is 11.7. The normalized spacial score (nSPS) is 14.3. The van der Waals surface area contributed by atoms with Gasteiger partial charge in [-0.3, -0.25) is 4.79 Å². The Bertz CT molecular complexity index is 630. The third kappa shape index (κ3) is 31.2. The van der Waals surface area contributed by atoms with Crippen LogP contribution in [-0.4, -0.2) is 45.5 Å². The number of aliphatic hydroxyl groups excluding tert-OH is 3. The van der Waals surface area contributed by atoms with E-state index in [2.05, 4.69) is 13.8 Å². The van der Waals surface area contributed by atoms with E-state index in [0.717, 1.165) is 38.5 Å². The highest BCUT2D eigenvalue weighted by Gasteiger charge is 2.32. The molecule has 0 fully saturated rings. The van der Waals surface area contributed by atoms with E-state index >= 15 is 0 Å². The van der Waals surface area contributed by atoms with Crippen molar-refractivity contribution in [3.05, 3.63) is 0 Å². The molecule has 0 radical (unpaired) electrons. The number of nitrogens with two attached hydrogens (primary N) is 1. The molecule has 0 aliphatic heterocycles. The summed E-state index contributed by atoms with van der Waals surface area (Å²) in [6.07, 6.45) is 39.9. The molecule has 0 bridgehead atoms. The van der Waals surface area contributed by atoms with Crippen molar-refractivity contribution in [1.29, 1.82) is 0 Å². The van der Waals surface area contributed by atoms with Crippen LogP contribution in [0.15, 0.2) is 0 Å². The zero-order valence-electron chi connectivity index (χ0n) is 31.9. The van der Waals surface area contributed by atoms with E-state index in [9.17, 15) is 20.1 Å². The van der Waals surface area contributed by atoms with Crippen LogP contribution in [0, 0.1) is 0 Å². The second-order valence-electron chi connectivity index (χ2n) is 15.0. The highest BCUT2D eigenvalue weighted by atomic mass is 16.3. The second kappa shape index (κ2) is 36.8. The summed E-state index contributed by atoms with van der Waals surface area (Å²) in [4.78, 5) is 12.5. The topological polar surface area (TPSA) is 104 Å². The molecule has 0 amide bonds. The van der Waals surface area contributed by atoms with Crippen LogP contribution in [0.5, 0.6) is 0 Å². The molecule has 0 aliphatic carbocycles. The monoisotopic (exact) mass is 668 g/mol. The fourth-order valence-electron chi connectivity index (χ4n) is 6.90. The first-order valence-corrected chi connectivity index (χ1v) is 21.3. The van der Waals surface area contributed by atoms with Gasteiger partial charge in [0.05, 0.1) is 12.1 Å². The van der Waals surface area contributed by atoms with Gasteiger partial charge in [-0.25, -0.2) is 0 Å². The molecule has 5 nitrogen and oxygen atoms in total. The van der Waals surface area contributed by atoms with Crippen LogP contribution < -0.4 is 5.73 Å². The molecule has 4 atom stereocenters. The van der Waals surface area contributed by atoms with E-state index in [-0.39, 0.29) is 0 Å². The number of aliphatic hydroxyl groups is 3. The summed E-state index contributed by atoms with van der Waals surface area (Å²) in [7, 11) is 0. The molecule has 0 aromatic heterocycles. The smallest absolute Gasteiger partial charge is 0.191 e. The lowest BCUT2D eigenvalue weighted by Gasteiger charge is -2.24. The second-order valence-corrected chi connectivity index (χ2v) is 15.0. The number of carbonyl (C=O) groups excluding carboxylic acids is 1. The number of hydrogen-bond acceptors (Lipinski definition) is 5. The third-order valence-corrected chi connectivity index (χ3v) is 10.4. The minimum Gasteiger partial charge on any atom is -0.391 e. The summed E-state index contributed by atoms with van der Waals surface area (Å²) in [5.41, 5.74) is 6.02. The Labute approximate surface area is 294 Å². The summed E-state index contributed by atoms with van der Waals surface area (Å²) in [5, 5.41) is 31.2. The standard InChI is InChI=1S/C42H85NO4/c1-3-5-7-9-11-13-15-17-18-19-20-21-22-23-25-27-29-31-33-35-37-39(45)41(46)42(47)40(43)38(44)36-34-32-30-28-26-24-16-14-12-10-8-6-4-2/h38-40,42,44-45,47H,3-37,43H2,1-2H3/t38-,39?,40+,42?/m1/s1. The van der Waals surface area contributed by atoms with Gasteiger partial charge < -0.3 is 21.1 Å². The summed E-state index contributed by atoms with van der Waals surface area (Å²) in [6, 6.07) is -1.04. The van der Waals surface area contributed by atoms with Crippen molar-refractivity contribution in [3.63, 3.8) is 0 Å². The van der Waals surface area contributed by atoms with Crippen molar-refractivity contribution in [3.8, 4) is 0 Å². The van der Waals surface area contributed by atoms with Gasteiger partial charge in [0.25, 0.3) is 0 Å². The maximum Gasteiger partial charge on any atom is 0.191 e. The Morgan fingerprint density at radius 2 is 0.638 bits per heavy atom. The summed E-state index contributed by atoms with van der Waals surface area (Å²) >= 11 is 0. The van der Waals surface area contributed by atoms with Crippen LogP contribution in [0.4, 0.5) is 0 Å². The van der Waals surface area contributed by atoms with Crippen molar-refractivity contribution in [2.75, 3.05) is 0 Å². The molecule has 282 valence electrons. The molecule has 0 aromatic rings. The average molecular weight is 668 g/mol. The maximum absolute atomic E-state index is 12.5. The van der Waals surface area contributed by atoms with Crippen LogP contribution >= 0.6 is 0 Å². The molecule has 0 saturated carbocycles. The molecule has 5 N–H and O–H groups in total. The van der Waals surface area contributed by atoms with E-state index in [1.54, 1.807) is 0 Å². The lowest BCUT2D eigenvalue weighted by Crippen LogP contribution is -2.51. The number of rotatable bonds is 39. The lowest BCUT2D eigenvalue weighted by atomic mass is 9.93. The van der Waals surface area contributed by atoms with Crippen LogP contribution in [0.25, 0.3) is 0 Å². The Hall–Kier alpha value is -0.490. The zero-order chi connectivity index (χ0) is 34.6. The van der Waals surface area contributed by atoms with Gasteiger partial charge in [-0.1, -0.05) is 226 Å². The van der Waals surface area contributed by atoms with E-state index in [1.165, 1.54) is 173 Å². The fourth-order valence-corrected chi connectivity index (χ4v) is 6.90. The molecule has 2 unspecified atom stereocenters. The molecular formula is C42H85NO4. The molecule has 47 heavy (non-hydrogen) atoms. The van der Waals surface area contributed by atoms with Crippen LogP contribution in [0.3, 0.4) is 0 Å². The molecule has 0 spiro atoms. The van der Waals surface area contributed by atoms with Crippen molar-refractivity contribution >= 4 is 5.78 Å². The molecule has 0 heterocycles. The zero-order valence-corrected chi connectivity index (χ0v) is 31.9. The Balaban J connectivity index is 3.59. The van der Waals surface area contributed by atoms with Gasteiger partial charge >= 0.3 is 0 Å². The molecule has 0 aromatic carbocycles. The molecule has 0 rings (SSSR count). The van der Waals surface area contributed by atoms with Gasteiger partial charge in [0.2, 0.25) is 0 Å². The van der Waals surface area contributed by atoms with Crippen molar-refractivity contribution in [1.82, 2.24) is 0 Å². The predicted molar refractivity (Wildman–Crippen MR) is 204 cm³/mol. The fraction of sp³-hybridized carbons (Fsp3) is 0.976. The van der Waals surface area contributed by atoms with Gasteiger partial charge in [-0.05, 0) is 12.8 Å². The van der Waals surface area contributed by atoms with Gasteiger partial charge in [-0.15, -0.1) is 0 Å². The Morgan fingerprint density at radius 1 is 0.404 bits per heavy atom. The number of carbonyl (C=O) groups is 1. The average Bonchev–Trinajstić information content (AvgIpc) is 3.08. The van der Waals surface area contributed by atoms with E-state index in [1.807, 2.05) is 0 Å². The number of Topliss-reactive ketones (excluding diaryl/α,β-unsaturated/α-hetero) is 1. The van der Waals surface area contributed by atoms with Gasteiger partial charge in [0.15, 0.2) is 5.78 Å². The largest absolute Gasteiger partial charge is 0.391 e. The summed E-state index contributed by atoms with van der Waals surface area (Å²) in [5.74, 6) is -0.639. The minimum atomic E-state index is -1.51. The van der Waals surface area contributed by atoms with E-state index < -0.39 is 30.1 Å². The summed E-state index contributed by atoms with van der Waals surface area (Å²) in [6.45, 7) is 4.54. The van der Waals surface area contributed by atoms with Crippen LogP contribution in [0.2, 0.25) is 0 Å². The van der Waals surface area contributed by atoms with Gasteiger partial charge in [-0.2, -0.15) is 0 Å². The first-order valence-electron chi connectivity index (χ1n) is 21.3. The van der Waals surface area contributed by atoms with Crippen molar-refractivity contribution in [2.45, 2.75) is 263 Å². The lowest BCUT2D eigenvalue weighted by molar-refractivity contribution is -0.138.